The summed E-state index contributed by atoms with van der Waals surface area (Å²) in [6, 6.07) is 0. The van der Waals surface area contributed by atoms with Crippen molar-refractivity contribution in [2.75, 3.05) is 47.5 Å². The summed E-state index contributed by atoms with van der Waals surface area (Å²) in [7, 11) is 5.96. The van der Waals surface area contributed by atoms with E-state index in [1.807, 2.05) is 21.1 Å². The van der Waals surface area contributed by atoms with E-state index in [9.17, 15) is 19.5 Å². The Kier molecular flexibility index (Phi) is 41.3. The van der Waals surface area contributed by atoms with E-state index in [1.54, 1.807) is 0 Å². The van der Waals surface area contributed by atoms with Gasteiger partial charge in [-0.05, 0) is 32.1 Å². The number of nitrogens with zero attached hydrogens (tertiary/aromatic N) is 1. The lowest BCUT2D eigenvalue weighted by Gasteiger charge is -2.25. The first-order chi connectivity index (χ1) is 28.6. The summed E-state index contributed by atoms with van der Waals surface area (Å²) in [5.74, 6) is -2.01. The van der Waals surface area contributed by atoms with Gasteiger partial charge in [-0.3, -0.25) is 9.59 Å². The number of hydrogen-bond acceptors (Lipinski definition) is 7. The fourth-order valence-electron chi connectivity index (χ4n) is 7.13. The predicted molar refractivity (Wildman–Crippen MR) is 245 cm³/mol. The first-order valence-corrected chi connectivity index (χ1v) is 24.9. The van der Waals surface area contributed by atoms with E-state index in [4.69, 9.17) is 18.9 Å². The number of quaternary nitrogens is 1. The predicted octanol–water partition coefficient (Wildman–Crippen LogP) is 13.5. The molecule has 59 heavy (non-hydrogen) atoms. The second kappa shape index (κ2) is 42.7. The fraction of sp³-hybridized carbons (Fsp3) is 0.900. The lowest BCUT2D eigenvalue weighted by atomic mass is 10.0. The molecule has 0 amide bonds. The number of likely N-dealkylation sites (N-methyl/N-ethyl adjacent to an activating group) is 1. The molecule has 0 fully saturated rings. The van der Waals surface area contributed by atoms with Crippen molar-refractivity contribution in [1.29, 1.82) is 0 Å². The van der Waals surface area contributed by atoms with Crippen LogP contribution >= 0.6 is 0 Å². The molecule has 0 heterocycles. The minimum absolute atomic E-state index is 0.180. The smallest absolute Gasteiger partial charge is 0.361 e. The number of aliphatic carboxylic acids is 1. The molecule has 0 spiro atoms. The van der Waals surface area contributed by atoms with E-state index in [1.165, 1.54) is 141 Å². The van der Waals surface area contributed by atoms with Crippen molar-refractivity contribution < 1.29 is 42.9 Å². The van der Waals surface area contributed by atoms with Crippen LogP contribution in [0.1, 0.15) is 232 Å². The van der Waals surface area contributed by atoms with Gasteiger partial charge in [-0.2, -0.15) is 0 Å². The normalized spacial score (nSPS) is 12.9. The van der Waals surface area contributed by atoms with Gasteiger partial charge in [-0.1, -0.05) is 199 Å². The Morgan fingerprint density at radius 3 is 1.32 bits per heavy atom. The molecule has 0 radical (unpaired) electrons. The van der Waals surface area contributed by atoms with Gasteiger partial charge in [0, 0.05) is 12.8 Å². The third kappa shape index (κ3) is 43.9. The first kappa shape index (κ1) is 57.0. The largest absolute Gasteiger partial charge is 0.477 e. The van der Waals surface area contributed by atoms with Crippen LogP contribution in [0.2, 0.25) is 0 Å². The number of carbonyl (C=O) groups is 3. The maximum atomic E-state index is 12.7. The molecular weight excluding hydrogens is 743 g/mol. The molecule has 0 aliphatic rings. The Labute approximate surface area is 364 Å². The SMILES string of the molecule is CCC/C=C\CCCCCCCC(=O)OC(COC(=O)CCCCCCCCCCCCCCCCCCCCCCCCCC)COC(OCC[N+](C)(C)C)C(=O)O. The Morgan fingerprint density at radius 2 is 0.898 bits per heavy atom. The molecule has 2 unspecified atom stereocenters. The zero-order valence-corrected chi connectivity index (χ0v) is 39.4. The van der Waals surface area contributed by atoms with Gasteiger partial charge in [0.05, 0.1) is 34.4 Å². The number of rotatable bonds is 46. The molecule has 0 saturated carbocycles. The molecule has 0 saturated heterocycles. The van der Waals surface area contributed by atoms with Gasteiger partial charge in [0.15, 0.2) is 6.10 Å². The number of allylic oxidation sites excluding steroid dienone is 2. The molecule has 0 aromatic heterocycles. The number of ether oxygens (including phenoxy) is 4. The quantitative estimate of drug-likeness (QED) is 0.0212. The Hall–Kier alpha value is -1.97. The summed E-state index contributed by atoms with van der Waals surface area (Å²) in [4.78, 5) is 37.1. The molecule has 0 aromatic rings. The Morgan fingerprint density at radius 1 is 0.492 bits per heavy atom. The summed E-state index contributed by atoms with van der Waals surface area (Å²) in [5, 5.41) is 9.63. The van der Waals surface area contributed by atoms with Crippen molar-refractivity contribution in [2.24, 2.45) is 0 Å². The van der Waals surface area contributed by atoms with Gasteiger partial charge in [0.2, 0.25) is 0 Å². The highest BCUT2D eigenvalue weighted by atomic mass is 16.7. The van der Waals surface area contributed by atoms with Gasteiger partial charge in [-0.15, -0.1) is 0 Å². The Balaban J connectivity index is 4.15. The maximum absolute atomic E-state index is 12.7. The highest BCUT2D eigenvalue weighted by Gasteiger charge is 2.25. The van der Waals surface area contributed by atoms with Gasteiger partial charge < -0.3 is 28.5 Å². The number of esters is 2. The fourth-order valence-corrected chi connectivity index (χ4v) is 7.13. The molecule has 9 nitrogen and oxygen atoms in total. The van der Waals surface area contributed by atoms with Crippen LogP contribution in [0.5, 0.6) is 0 Å². The van der Waals surface area contributed by atoms with E-state index in [0.29, 0.717) is 23.9 Å². The van der Waals surface area contributed by atoms with Crippen molar-refractivity contribution in [1.82, 2.24) is 0 Å². The minimum atomic E-state index is -1.51. The summed E-state index contributed by atoms with van der Waals surface area (Å²) in [6.45, 7) is 4.83. The van der Waals surface area contributed by atoms with Crippen LogP contribution in [0.4, 0.5) is 0 Å². The monoisotopic (exact) mass is 839 g/mol. The maximum Gasteiger partial charge on any atom is 0.361 e. The van der Waals surface area contributed by atoms with Gasteiger partial charge in [0.25, 0.3) is 6.29 Å². The van der Waals surface area contributed by atoms with Crippen molar-refractivity contribution >= 4 is 17.9 Å². The summed E-state index contributed by atoms with van der Waals surface area (Å²) in [6.07, 6.45) is 43.0. The van der Waals surface area contributed by atoms with Gasteiger partial charge in [-0.25, -0.2) is 4.79 Å². The lowest BCUT2D eigenvalue weighted by molar-refractivity contribution is -0.870. The highest BCUT2D eigenvalue weighted by molar-refractivity contribution is 5.71. The Bertz CT molecular complexity index is 980. The number of hydrogen-bond donors (Lipinski definition) is 1. The molecule has 0 bridgehead atoms. The van der Waals surface area contributed by atoms with Crippen LogP contribution in [0, 0.1) is 0 Å². The average molecular weight is 839 g/mol. The van der Waals surface area contributed by atoms with E-state index in [-0.39, 0.29) is 32.2 Å². The van der Waals surface area contributed by atoms with Crippen LogP contribution < -0.4 is 0 Å². The minimum Gasteiger partial charge on any atom is -0.477 e. The van der Waals surface area contributed by atoms with Crippen molar-refractivity contribution in [3.63, 3.8) is 0 Å². The van der Waals surface area contributed by atoms with E-state index in [2.05, 4.69) is 26.0 Å². The topological polar surface area (TPSA) is 108 Å². The third-order valence-electron chi connectivity index (χ3n) is 11.0. The molecule has 2 atom stereocenters. The molecule has 0 aromatic carbocycles. The second-order valence-corrected chi connectivity index (χ2v) is 18.1. The molecule has 348 valence electrons. The average Bonchev–Trinajstić information content (AvgIpc) is 3.19. The second-order valence-electron chi connectivity index (χ2n) is 18.1. The van der Waals surface area contributed by atoms with Gasteiger partial charge >= 0.3 is 17.9 Å². The zero-order chi connectivity index (χ0) is 43.5. The molecule has 0 rings (SSSR count). The standard InChI is InChI=1S/C50H95NO8/c1-6-8-10-12-14-16-18-19-20-21-22-23-24-25-26-27-28-29-30-31-33-34-36-38-40-47(52)57-44-46(45-58-50(49(54)55)56-43-42-51(3,4)5)59-48(53)41-39-37-35-32-17-15-13-11-9-7-2/h11,13,46,50H,6-10,12,14-45H2,1-5H3/p+1/b13-11-. The number of carbonyl (C=O) groups excluding carboxylic acids is 2. The first-order valence-electron chi connectivity index (χ1n) is 24.9. The van der Waals surface area contributed by atoms with Crippen LogP contribution in [-0.2, 0) is 33.3 Å². The number of carboxylic acid groups (broad SMARTS) is 1. The van der Waals surface area contributed by atoms with Crippen molar-refractivity contribution in [2.45, 2.75) is 245 Å². The molecular formula is C50H96NO8+. The van der Waals surface area contributed by atoms with Crippen LogP contribution in [0.3, 0.4) is 0 Å². The van der Waals surface area contributed by atoms with Crippen LogP contribution in [0.15, 0.2) is 12.2 Å². The third-order valence-corrected chi connectivity index (χ3v) is 11.0. The summed E-state index contributed by atoms with van der Waals surface area (Å²) >= 11 is 0. The molecule has 0 aliphatic carbocycles. The molecule has 9 heteroatoms. The summed E-state index contributed by atoms with van der Waals surface area (Å²) < 4.78 is 22.7. The van der Waals surface area contributed by atoms with Crippen molar-refractivity contribution in [3.8, 4) is 0 Å². The van der Waals surface area contributed by atoms with Crippen LogP contribution in [-0.4, -0.2) is 87.4 Å². The molecule has 1 N–H and O–H groups in total. The van der Waals surface area contributed by atoms with Crippen molar-refractivity contribution in [3.05, 3.63) is 12.2 Å². The highest BCUT2D eigenvalue weighted by Crippen LogP contribution is 2.17. The van der Waals surface area contributed by atoms with E-state index < -0.39 is 24.3 Å². The van der Waals surface area contributed by atoms with E-state index in [0.717, 1.165) is 57.8 Å². The van der Waals surface area contributed by atoms with Gasteiger partial charge in [0.1, 0.15) is 13.2 Å². The number of carboxylic acids is 1. The number of unbranched alkanes of at least 4 members (excludes halogenated alkanes) is 29. The summed E-state index contributed by atoms with van der Waals surface area (Å²) in [5.41, 5.74) is 0. The van der Waals surface area contributed by atoms with Crippen LogP contribution in [0.25, 0.3) is 0 Å². The lowest BCUT2D eigenvalue weighted by Crippen LogP contribution is -2.40. The van der Waals surface area contributed by atoms with E-state index >= 15 is 0 Å². The zero-order valence-electron chi connectivity index (χ0n) is 39.4. The molecule has 0 aliphatic heterocycles.